The third-order valence-electron chi connectivity index (χ3n) is 4.98. The SMILES string of the molecule is O=S(=O)(C1CC1)N1CC2(CC[C@H](CNc3ncccn3)CO2)C1. The predicted molar refractivity (Wildman–Crippen MR) is 85.4 cm³/mol. The Hall–Kier alpha value is -1.25. The van der Waals surface area contributed by atoms with Crippen molar-refractivity contribution in [1.82, 2.24) is 14.3 Å². The Kier molecular flexibility index (Phi) is 3.78. The van der Waals surface area contributed by atoms with E-state index < -0.39 is 10.0 Å². The fraction of sp³-hybridized carbons (Fsp3) is 0.733. The molecule has 1 saturated carbocycles. The number of nitrogens with zero attached hydrogens (tertiary/aromatic N) is 3. The van der Waals surface area contributed by atoms with Crippen molar-refractivity contribution in [3.8, 4) is 0 Å². The Labute approximate surface area is 136 Å². The largest absolute Gasteiger partial charge is 0.372 e. The lowest BCUT2D eigenvalue weighted by Gasteiger charge is -2.52. The Morgan fingerprint density at radius 2 is 2.00 bits per heavy atom. The van der Waals surface area contributed by atoms with Crippen LogP contribution in [0.2, 0.25) is 0 Å². The summed E-state index contributed by atoms with van der Waals surface area (Å²) in [6, 6.07) is 1.79. The Morgan fingerprint density at radius 1 is 1.26 bits per heavy atom. The lowest BCUT2D eigenvalue weighted by Crippen LogP contribution is -2.66. The van der Waals surface area contributed by atoms with E-state index in [1.54, 1.807) is 22.8 Å². The average Bonchev–Trinajstić information content (AvgIpc) is 3.37. The van der Waals surface area contributed by atoms with Gasteiger partial charge in [0.25, 0.3) is 0 Å². The van der Waals surface area contributed by atoms with Crippen molar-refractivity contribution in [1.29, 1.82) is 0 Å². The topological polar surface area (TPSA) is 84.4 Å². The van der Waals surface area contributed by atoms with Crippen LogP contribution in [0.5, 0.6) is 0 Å². The Bertz CT molecular complexity index is 647. The first-order valence-corrected chi connectivity index (χ1v) is 9.72. The summed E-state index contributed by atoms with van der Waals surface area (Å²) in [5, 5.41) is 3.11. The highest BCUT2D eigenvalue weighted by molar-refractivity contribution is 7.90. The molecule has 7 nitrogen and oxygen atoms in total. The maximum absolute atomic E-state index is 12.2. The van der Waals surface area contributed by atoms with Gasteiger partial charge in [-0.2, -0.15) is 4.31 Å². The van der Waals surface area contributed by atoms with Crippen LogP contribution in [-0.4, -0.2) is 59.8 Å². The van der Waals surface area contributed by atoms with Crippen molar-refractivity contribution in [2.75, 3.05) is 31.6 Å². The Balaban J connectivity index is 1.24. The van der Waals surface area contributed by atoms with Crippen LogP contribution in [0.4, 0.5) is 5.95 Å². The molecule has 23 heavy (non-hydrogen) atoms. The fourth-order valence-corrected chi connectivity index (χ4v) is 5.29. The number of nitrogens with one attached hydrogen (secondary N) is 1. The third kappa shape index (κ3) is 3.07. The van der Waals surface area contributed by atoms with E-state index in [0.29, 0.717) is 31.6 Å². The molecule has 1 aromatic heterocycles. The molecule has 0 aromatic carbocycles. The van der Waals surface area contributed by atoms with Crippen molar-refractivity contribution in [3.05, 3.63) is 18.5 Å². The molecule has 1 spiro atoms. The molecular weight excluding hydrogens is 316 g/mol. The van der Waals surface area contributed by atoms with Crippen LogP contribution in [0.3, 0.4) is 0 Å². The van der Waals surface area contributed by atoms with Gasteiger partial charge < -0.3 is 10.1 Å². The highest BCUT2D eigenvalue weighted by Crippen LogP contribution is 2.41. The van der Waals surface area contributed by atoms with Crippen LogP contribution in [-0.2, 0) is 14.8 Å². The molecule has 1 aliphatic carbocycles. The molecule has 1 N–H and O–H groups in total. The van der Waals surface area contributed by atoms with E-state index in [9.17, 15) is 8.42 Å². The van der Waals surface area contributed by atoms with Crippen molar-refractivity contribution in [3.63, 3.8) is 0 Å². The van der Waals surface area contributed by atoms with Crippen molar-refractivity contribution >= 4 is 16.0 Å². The number of sulfonamides is 1. The Morgan fingerprint density at radius 3 is 2.61 bits per heavy atom. The second-order valence-corrected chi connectivity index (χ2v) is 9.08. The number of ether oxygens (including phenoxy) is 1. The van der Waals surface area contributed by atoms with Gasteiger partial charge in [0, 0.05) is 32.0 Å². The van der Waals surface area contributed by atoms with Crippen LogP contribution in [0.1, 0.15) is 25.7 Å². The summed E-state index contributed by atoms with van der Waals surface area (Å²) in [6.45, 7) is 2.52. The monoisotopic (exact) mass is 338 g/mol. The van der Waals surface area contributed by atoms with E-state index in [1.807, 2.05) is 0 Å². The lowest BCUT2D eigenvalue weighted by molar-refractivity contribution is -0.155. The zero-order valence-electron chi connectivity index (χ0n) is 13.0. The minimum atomic E-state index is -3.04. The van der Waals surface area contributed by atoms with Crippen LogP contribution < -0.4 is 5.32 Å². The van der Waals surface area contributed by atoms with Crippen molar-refractivity contribution < 1.29 is 13.2 Å². The summed E-state index contributed by atoms with van der Waals surface area (Å²) < 4.78 is 32.0. The van der Waals surface area contributed by atoms with Crippen LogP contribution in [0, 0.1) is 5.92 Å². The molecule has 3 aliphatic rings. The molecule has 0 bridgehead atoms. The molecule has 1 aromatic rings. The van der Waals surface area contributed by atoms with E-state index in [-0.39, 0.29) is 10.9 Å². The minimum absolute atomic E-state index is 0.119. The first-order chi connectivity index (χ1) is 11.1. The highest BCUT2D eigenvalue weighted by atomic mass is 32.2. The standard InChI is InChI=1S/C15H22N4O3S/c20-23(21,13-2-3-13)19-10-15(11-19)5-4-12(9-22-15)8-18-14-16-6-1-7-17-14/h1,6-7,12-13H,2-5,8-11H2,(H,16,17,18)/t12-/m1/s1. The maximum Gasteiger partial charge on any atom is 0.222 e. The van der Waals surface area contributed by atoms with E-state index in [1.165, 1.54) is 0 Å². The summed E-state index contributed by atoms with van der Waals surface area (Å²) in [7, 11) is -3.04. The van der Waals surface area contributed by atoms with Gasteiger partial charge in [0.1, 0.15) is 0 Å². The van der Waals surface area contributed by atoms with Gasteiger partial charge in [0.2, 0.25) is 16.0 Å². The van der Waals surface area contributed by atoms with Gasteiger partial charge >= 0.3 is 0 Å². The third-order valence-corrected chi connectivity index (χ3v) is 7.27. The quantitative estimate of drug-likeness (QED) is 0.857. The van der Waals surface area contributed by atoms with E-state index in [2.05, 4.69) is 15.3 Å². The zero-order chi connectivity index (χ0) is 15.9. The number of hydrogen-bond acceptors (Lipinski definition) is 6. The summed E-state index contributed by atoms with van der Waals surface area (Å²) in [6.07, 6.45) is 7.03. The lowest BCUT2D eigenvalue weighted by atomic mass is 9.84. The molecule has 8 heteroatoms. The van der Waals surface area contributed by atoms with E-state index in [0.717, 1.165) is 32.2 Å². The highest BCUT2D eigenvalue weighted by Gasteiger charge is 2.54. The summed E-state index contributed by atoms with van der Waals surface area (Å²) in [5.41, 5.74) is -0.234. The number of hydrogen-bond donors (Lipinski definition) is 1. The molecule has 0 amide bonds. The van der Waals surface area contributed by atoms with Crippen molar-refractivity contribution in [2.24, 2.45) is 5.92 Å². The second kappa shape index (κ2) is 5.68. The van der Waals surface area contributed by atoms with E-state index >= 15 is 0 Å². The molecule has 3 fully saturated rings. The second-order valence-electron chi connectivity index (χ2n) is 6.86. The minimum Gasteiger partial charge on any atom is -0.372 e. The zero-order valence-corrected chi connectivity index (χ0v) is 13.8. The summed E-state index contributed by atoms with van der Waals surface area (Å²) in [5.74, 6) is 1.05. The van der Waals surface area contributed by atoms with Gasteiger partial charge in [-0.05, 0) is 37.7 Å². The molecule has 1 atom stereocenters. The van der Waals surface area contributed by atoms with E-state index in [4.69, 9.17) is 4.74 Å². The number of rotatable bonds is 5. The van der Waals surface area contributed by atoms with Crippen LogP contribution in [0.15, 0.2) is 18.5 Å². The smallest absolute Gasteiger partial charge is 0.222 e. The van der Waals surface area contributed by atoms with Crippen LogP contribution in [0.25, 0.3) is 0 Å². The normalized spacial score (nSPS) is 27.6. The summed E-state index contributed by atoms with van der Waals surface area (Å²) in [4.78, 5) is 8.28. The number of anilines is 1. The van der Waals surface area contributed by atoms with Crippen LogP contribution >= 0.6 is 0 Å². The number of aromatic nitrogens is 2. The van der Waals surface area contributed by atoms with Gasteiger partial charge in [-0.25, -0.2) is 18.4 Å². The predicted octanol–water partition coefficient (Wildman–Crippen LogP) is 0.862. The molecule has 126 valence electrons. The maximum atomic E-state index is 12.2. The molecular formula is C15H22N4O3S. The van der Waals surface area contributed by atoms with Gasteiger partial charge in [-0.3, -0.25) is 0 Å². The summed E-state index contributed by atoms with van der Waals surface area (Å²) >= 11 is 0. The first kappa shape index (κ1) is 15.3. The van der Waals surface area contributed by atoms with Gasteiger partial charge in [0.15, 0.2) is 0 Å². The van der Waals surface area contributed by atoms with Crippen molar-refractivity contribution in [2.45, 2.75) is 36.5 Å². The molecule has 3 heterocycles. The molecule has 2 aliphatic heterocycles. The fourth-order valence-electron chi connectivity index (χ4n) is 3.31. The first-order valence-electron chi connectivity index (χ1n) is 8.21. The average molecular weight is 338 g/mol. The molecule has 0 unspecified atom stereocenters. The molecule has 2 saturated heterocycles. The van der Waals surface area contributed by atoms with Gasteiger partial charge in [-0.15, -0.1) is 0 Å². The molecule has 0 radical (unpaired) electrons. The van der Waals surface area contributed by atoms with Gasteiger partial charge in [0.05, 0.1) is 17.5 Å². The molecule has 4 rings (SSSR count). The van der Waals surface area contributed by atoms with Gasteiger partial charge in [-0.1, -0.05) is 0 Å².